The van der Waals surface area contributed by atoms with Crippen LogP contribution in [0.4, 0.5) is 0 Å². The van der Waals surface area contributed by atoms with Crippen molar-refractivity contribution in [1.29, 1.82) is 0 Å². The van der Waals surface area contributed by atoms with Crippen LogP contribution in [0.5, 0.6) is 5.75 Å². The maximum Gasteiger partial charge on any atom is 0.283 e. The summed E-state index contributed by atoms with van der Waals surface area (Å²) in [4.78, 5) is 18.9. The molecule has 2 heterocycles. The number of rotatable bonds is 5. The van der Waals surface area contributed by atoms with Crippen molar-refractivity contribution in [2.75, 3.05) is 7.11 Å². The van der Waals surface area contributed by atoms with Gasteiger partial charge in [-0.25, -0.2) is 0 Å². The molecule has 24 heavy (non-hydrogen) atoms. The van der Waals surface area contributed by atoms with Crippen LogP contribution in [-0.4, -0.2) is 17.6 Å². The molecule has 1 aliphatic rings. The zero-order valence-electron chi connectivity index (χ0n) is 13.7. The molecule has 1 aromatic heterocycles. The fourth-order valence-corrected chi connectivity index (χ4v) is 3.89. The summed E-state index contributed by atoms with van der Waals surface area (Å²) in [6.07, 6.45) is 2.11. The van der Waals surface area contributed by atoms with Crippen LogP contribution in [0.1, 0.15) is 40.7 Å². The zero-order chi connectivity index (χ0) is 17.1. The monoisotopic (exact) mass is 366 g/mol. The molecule has 0 atom stereocenters. The minimum Gasteiger partial charge on any atom is -0.496 e. The van der Waals surface area contributed by atoms with Crippen LogP contribution in [-0.2, 0) is 24.5 Å². The van der Waals surface area contributed by atoms with Gasteiger partial charge in [0.15, 0.2) is 4.80 Å². The molecule has 0 bridgehead atoms. The van der Waals surface area contributed by atoms with E-state index in [-0.39, 0.29) is 5.91 Å². The normalized spacial score (nSPS) is 14.0. The van der Waals surface area contributed by atoms with E-state index >= 15 is 0 Å². The molecule has 1 amide bonds. The van der Waals surface area contributed by atoms with E-state index in [0.29, 0.717) is 34.4 Å². The van der Waals surface area contributed by atoms with Crippen LogP contribution in [0.15, 0.2) is 23.2 Å². The second-order valence-corrected chi connectivity index (χ2v) is 7.01. The number of ether oxygens (including phenoxy) is 2. The number of benzene rings is 1. The first-order chi connectivity index (χ1) is 11.6. The SMILES string of the molecule is CCCCn1c2c(s/c1=N\C(=O)c1cc(Cl)ccc1OC)COC2. The number of aromatic nitrogens is 1. The first kappa shape index (κ1) is 17.2. The molecule has 0 spiro atoms. The Morgan fingerprint density at radius 2 is 2.29 bits per heavy atom. The number of hydrogen-bond acceptors (Lipinski definition) is 4. The van der Waals surface area contributed by atoms with Gasteiger partial charge in [-0.05, 0) is 24.6 Å². The molecule has 1 aliphatic heterocycles. The van der Waals surface area contributed by atoms with Crippen molar-refractivity contribution < 1.29 is 14.3 Å². The number of carbonyl (C=O) groups is 1. The third kappa shape index (κ3) is 3.41. The molecule has 0 radical (unpaired) electrons. The minimum atomic E-state index is -0.347. The summed E-state index contributed by atoms with van der Waals surface area (Å²) in [5.41, 5.74) is 1.51. The highest BCUT2D eigenvalue weighted by atomic mass is 35.5. The summed E-state index contributed by atoms with van der Waals surface area (Å²) in [6, 6.07) is 4.96. The average molecular weight is 367 g/mol. The number of methoxy groups -OCH3 is 1. The van der Waals surface area contributed by atoms with Crippen molar-refractivity contribution in [2.45, 2.75) is 39.5 Å². The Morgan fingerprint density at radius 1 is 1.46 bits per heavy atom. The van der Waals surface area contributed by atoms with Gasteiger partial charge in [0.25, 0.3) is 5.91 Å². The van der Waals surface area contributed by atoms with E-state index in [9.17, 15) is 4.79 Å². The number of unbranched alkanes of at least 4 members (excludes halogenated alkanes) is 1. The van der Waals surface area contributed by atoms with Gasteiger partial charge in [-0.3, -0.25) is 4.79 Å². The molecule has 0 aliphatic carbocycles. The van der Waals surface area contributed by atoms with E-state index in [2.05, 4.69) is 16.5 Å². The smallest absolute Gasteiger partial charge is 0.283 e. The van der Waals surface area contributed by atoms with Crippen LogP contribution in [0.2, 0.25) is 5.02 Å². The lowest BCUT2D eigenvalue weighted by Gasteiger charge is -2.07. The molecule has 1 aromatic carbocycles. The molecule has 2 aromatic rings. The Bertz CT molecular complexity index is 826. The van der Waals surface area contributed by atoms with E-state index < -0.39 is 0 Å². The van der Waals surface area contributed by atoms with Gasteiger partial charge in [0.1, 0.15) is 5.75 Å². The van der Waals surface area contributed by atoms with Crippen molar-refractivity contribution >= 4 is 28.8 Å². The highest BCUT2D eigenvalue weighted by Gasteiger charge is 2.20. The molecule has 0 saturated carbocycles. The minimum absolute atomic E-state index is 0.347. The standard InChI is InChI=1S/C17H19ClN2O3S/c1-3-4-7-20-13-9-23-10-15(13)24-17(20)19-16(21)12-8-11(18)5-6-14(12)22-2/h5-6,8H,3-4,7,9-10H2,1-2H3/b19-17-. The lowest BCUT2D eigenvalue weighted by atomic mass is 10.2. The number of carbonyl (C=O) groups excluding carboxylic acids is 1. The van der Waals surface area contributed by atoms with Crippen molar-refractivity contribution in [3.05, 3.63) is 44.2 Å². The van der Waals surface area contributed by atoms with Gasteiger partial charge >= 0.3 is 0 Å². The van der Waals surface area contributed by atoms with Crippen LogP contribution in [0.25, 0.3) is 0 Å². The van der Waals surface area contributed by atoms with Crippen LogP contribution < -0.4 is 9.54 Å². The number of nitrogens with zero attached hydrogens (tertiary/aromatic N) is 2. The lowest BCUT2D eigenvalue weighted by molar-refractivity contribution is 0.0994. The molecule has 0 unspecified atom stereocenters. The van der Waals surface area contributed by atoms with Gasteiger partial charge in [0.2, 0.25) is 0 Å². The van der Waals surface area contributed by atoms with E-state index in [0.717, 1.165) is 30.0 Å². The molecule has 5 nitrogen and oxygen atoms in total. The zero-order valence-corrected chi connectivity index (χ0v) is 15.2. The van der Waals surface area contributed by atoms with Crippen LogP contribution >= 0.6 is 22.9 Å². The molecule has 0 saturated heterocycles. The number of halogens is 1. The first-order valence-electron chi connectivity index (χ1n) is 7.85. The Hall–Kier alpha value is -1.63. The lowest BCUT2D eigenvalue weighted by Crippen LogP contribution is -2.19. The average Bonchev–Trinajstić information content (AvgIpc) is 3.14. The number of fused-ring (bicyclic) bond motifs is 1. The Balaban J connectivity index is 2.02. The molecule has 128 valence electrons. The molecule has 0 fully saturated rings. The maximum absolute atomic E-state index is 12.7. The summed E-state index contributed by atoms with van der Waals surface area (Å²) in [5.74, 6) is 0.126. The predicted molar refractivity (Wildman–Crippen MR) is 93.6 cm³/mol. The van der Waals surface area contributed by atoms with Crippen LogP contribution in [0.3, 0.4) is 0 Å². The highest BCUT2D eigenvalue weighted by Crippen LogP contribution is 2.25. The van der Waals surface area contributed by atoms with E-state index in [1.165, 1.54) is 18.4 Å². The molecular weight excluding hydrogens is 348 g/mol. The van der Waals surface area contributed by atoms with Crippen molar-refractivity contribution in [1.82, 2.24) is 4.57 Å². The van der Waals surface area contributed by atoms with Gasteiger partial charge < -0.3 is 14.0 Å². The quantitative estimate of drug-likeness (QED) is 0.809. The van der Waals surface area contributed by atoms with E-state index in [1.807, 2.05) is 0 Å². The fourth-order valence-electron chi connectivity index (χ4n) is 2.63. The van der Waals surface area contributed by atoms with Gasteiger partial charge in [-0.15, -0.1) is 0 Å². The molecule has 3 rings (SSSR count). The number of thiazole rings is 1. The third-order valence-corrected chi connectivity index (χ3v) is 5.22. The second-order valence-electron chi connectivity index (χ2n) is 5.51. The fraction of sp³-hybridized carbons (Fsp3) is 0.412. The van der Waals surface area contributed by atoms with E-state index in [4.69, 9.17) is 21.1 Å². The molecule has 0 N–H and O–H groups in total. The summed E-state index contributed by atoms with van der Waals surface area (Å²) in [6.45, 7) is 4.16. The third-order valence-electron chi connectivity index (χ3n) is 3.89. The Kier molecular flexibility index (Phi) is 5.38. The Morgan fingerprint density at radius 3 is 3.04 bits per heavy atom. The Labute approximate surface area is 149 Å². The van der Waals surface area contributed by atoms with Crippen molar-refractivity contribution in [3.63, 3.8) is 0 Å². The van der Waals surface area contributed by atoms with E-state index in [1.54, 1.807) is 18.2 Å². The maximum atomic E-state index is 12.7. The highest BCUT2D eigenvalue weighted by molar-refractivity contribution is 7.09. The van der Waals surface area contributed by atoms with Crippen molar-refractivity contribution in [2.24, 2.45) is 4.99 Å². The topological polar surface area (TPSA) is 52.8 Å². The summed E-state index contributed by atoms with van der Waals surface area (Å²) < 4.78 is 12.9. The van der Waals surface area contributed by atoms with Crippen LogP contribution in [0, 0.1) is 0 Å². The summed E-state index contributed by atoms with van der Waals surface area (Å²) in [7, 11) is 1.53. The predicted octanol–water partition coefficient (Wildman–Crippen LogP) is 3.78. The number of amides is 1. The van der Waals surface area contributed by atoms with Gasteiger partial charge in [-0.1, -0.05) is 36.3 Å². The largest absolute Gasteiger partial charge is 0.496 e. The van der Waals surface area contributed by atoms with Gasteiger partial charge in [0.05, 0.1) is 36.5 Å². The molecular formula is C17H19ClN2O3S. The first-order valence-corrected chi connectivity index (χ1v) is 9.05. The van der Waals surface area contributed by atoms with Gasteiger partial charge in [0, 0.05) is 11.6 Å². The number of hydrogen-bond donors (Lipinski definition) is 0. The molecule has 7 heteroatoms. The summed E-state index contributed by atoms with van der Waals surface area (Å²) >= 11 is 7.53. The second kappa shape index (κ2) is 7.51. The summed E-state index contributed by atoms with van der Waals surface area (Å²) in [5, 5.41) is 0.482. The van der Waals surface area contributed by atoms with Crippen molar-refractivity contribution in [3.8, 4) is 5.75 Å². The van der Waals surface area contributed by atoms with Gasteiger partial charge in [-0.2, -0.15) is 4.99 Å².